The molecule has 0 aliphatic carbocycles. The molecule has 18 heteroatoms. The van der Waals surface area contributed by atoms with Crippen LogP contribution in [0.3, 0.4) is 0 Å². The van der Waals surface area contributed by atoms with Crippen LogP contribution < -0.4 is 15.3 Å². The monoisotopic (exact) mass is 648 g/mol. The lowest BCUT2D eigenvalue weighted by molar-refractivity contribution is -0.146. The summed E-state index contributed by atoms with van der Waals surface area (Å²) in [5, 5.41) is 13.0. The summed E-state index contributed by atoms with van der Waals surface area (Å²) in [5.41, 5.74) is 7.18. The number of nitrogens with one attached hydrogen (secondary N) is 1. The van der Waals surface area contributed by atoms with Gasteiger partial charge in [0.05, 0.1) is 19.0 Å². The minimum atomic E-state index is -5.12. The summed E-state index contributed by atoms with van der Waals surface area (Å²) in [5.74, 6) is -0.647. The molecule has 1 aliphatic heterocycles. The Morgan fingerprint density at radius 2 is 1.84 bits per heavy atom. The molecule has 0 radical (unpaired) electrons. The number of nitrogens with two attached hydrogens (primary N) is 1. The van der Waals surface area contributed by atoms with E-state index in [1.807, 2.05) is 6.07 Å². The van der Waals surface area contributed by atoms with Crippen molar-refractivity contribution in [2.45, 2.75) is 44.4 Å². The first-order valence-electron chi connectivity index (χ1n) is 13.3. The van der Waals surface area contributed by atoms with Crippen LogP contribution in [0.2, 0.25) is 0 Å². The highest BCUT2D eigenvalue weighted by Gasteiger charge is 2.43. The van der Waals surface area contributed by atoms with Gasteiger partial charge in [0.1, 0.15) is 36.3 Å². The van der Waals surface area contributed by atoms with E-state index in [1.54, 1.807) is 42.5 Å². The maximum Gasteiger partial charge on any atom is 0.481 e. The fourth-order valence-corrected chi connectivity index (χ4v) is 7.29. The van der Waals surface area contributed by atoms with Gasteiger partial charge in [-0.25, -0.2) is 24.1 Å². The fourth-order valence-electron chi connectivity index (χ4n) is 4.31. The summed E-state index contributed by atoms with van der Waals surface area (Å²) >= 11 is 0. The number of aliphatic hydroxyl groups is 1. The lowest BCUT2D eigenvalue weighted by atomic mass is 10.2. The number of para-hydroxylation sites is 1. The van der Waals surface area contributed by atoms with Crippen molar-refractivity contribution in [3.8, 4) is 5.75 Å². The summed E-state index contributed by atoms with van der Waals surface area (Å²) in [6, 6.07) is 15.3. The van der Waals surface area contributed by atoms with E-state index in [9.17, 15) is 23.9 Å². The summed E-state index contributed by atoms with van der Waals surface area (Å²) < 4.78 is 54.8. The first kappa shape index (κ1) is 31.7. The standard InChI is InChI=1S/C26H30N6O10P2/c1-17(26(34)38-13-18-8-4-2-5-9-18)31-43(35,41-19-10-6-3-7-11-19)42-44(36,37)39-14-20-12-21(33)25(40-20)32-16-30-22-23(27)28-15-29-24(22)32/h2-11,15-17,20-21,25,33H,12-14H2,1H3,(H,31,35)(H,36,37)(H2,27,28,29)/t17-,20-,21-,25+,43?/m0/s1. The number of carbonyl (C=O) groups is 1. The van der Waals surface area contributed by atoms with Crippen LogP contribution in [0, 0.1) is 0 Å². The molecule has 1 fully saturated rings. The number of phosphoric acid groups is 1. The van der Waals surface area contributed by atoms with Gasteiger partial charge in [0, 0.05) is 6.42 Å². The number of esters is 1. The van der Waals surface area contributed by atoms with E-state index in [1.165, 1.54) is 36.3 Å². The van der Waals surface area contributed by atoms with E-state index in [0.717, 1.165) is 5.56 Å². The Hall–Kier alpha value is -3.72. The molecule has 0 saturated carbocycles. The smallest absolute Gasteiger partial charge is 0.460 e. The quantitative estimate of drug-likeness (QED) is 0.121. The molecular formula is C26H30N6O10P2. The second kappa shape index (κ2) is 13.5. The van der Waals surface area contributed by atoms with E-state index >= 15 is 0 Å². The number of fused-ring (bicyclic) bond motifs is 1. The predicted molar refractivity (Wildman–Crippen MR) is 155 cm³/mol. The van der Waals surface area contributed by atoms with E-state index in [4.69, 9.17) is 28.6 Å². The van der Waals surface area contributed by atoms with Crippen molar-refractivity contribution in [3.63, 3.8) is 0 Å². The van der Waals surface area contributed by atoms with Crippen LogP contribution in [0.1, 0.15) is 25.1 Å². The van der Waals surface area contributed by atoms with Gasteiger partial charge < -0.3 is 29.7 Å². The van der Waals surface area contributed by atoms with Gasteiger partial charge in [-0.05, 0) is 24.6 Å². The molecule has 0 spiro atoms. The SMILES string of the molecule is C[C@H](NP(=O)(Oc1ccccc1)OP(=O)(O)OC[C@@H]1C[C@H](O)[C@H](n2cnc3c(N)ncnc32)O1)C(=O)OCc1ccccc1. The third-order valence-corrected chi connectivity index (χ3v) is 9.67. The van der Waals surface area contributed by atoms with Gasteiger partial charge in [-0.2, -0.15) is 9.40 Å². The van der Waals surface area contributed by atoms with E-state index in [2.05, 4.69) is 20.0 Å². The number of ether oxygens (including phenoxy) is 2. The third-order valence-electron chi connectivity index (χ3n) is 6.36. The van der Waals surface area contributed by atoms with Crippen molar-refractivity contribution in [2.75, 3.05) is 12.3 Å². The number of nitrogen functional groups attached to an aromatic ring is 1. The van der Waals surface area contributed by atoms with Crippen LogP contribution in [-0.2, 0) is 38.8 Å². The van der Waals surface area contributed by atoms with Crippen molar-refractivity contribution in [2.24, 2.45) is 0 Å². The third kappa shape index (κ3) is 7.86. The molecule has 1 aliphatic rings. The fraction of sp³-hybridized carbons (Fsp3) is 0.308. The summed E-state index contributed by atoms with van der Waals surface area (Å²) in [6.45, 7) is 0.736. The first-order chi connectivity index (χ1) is 21.0. The normalized spacial score (nSPS) is 21.8. The Bertz CT molecular complexity index is 1680. The molecule has 2 aromatic carbocycles. The number of anilines is 1. The van der Waals surface area contributed by atoms with Gasteiger partial charge in [0.25, 0.3) is 0 Å². The molecule has 16 nitrogen and oxygen atoms in total. The average Bonchev–Trinajstić information content (AvgIpc) is 3.59. The Balaban J connectivity index is 1.23. The molecule has 3 heterocycles. The molecule has 0 bridgehead atoms. The number of benzene rings is 2. The maximum atomic E-state index is 13.7. The highest BCUT2D eigenvalue weighted by atomic mass is 31.3. The Labute approximate surface area is 251 Å². The molecule has 5 N–H and O–H groups in total. The molecule has 44 heavy (non-hydrogen) atoms. The number of imidazole rings is 1. The average molecular weight is 649 g/mol. The lowest BCUT2D eigenvalue weighted by Crippen LogP contribution is -2.35. The number of nitrogens with zero attached hydrogens (tertiary/aromatic N) is 4. The molecule has 2 unspecified atom stereocenters. The second-order valence-corrected chi connectivity index (χ2v) is 13.0. The van der Waals surface area contributed by atoms with Gasteiger partial charge in [0.15, 0.2) is 17.7 Å². The van der Waals surface area contributed by atoms with Gasteiger partial charge in [-0.3, -0.25) is 13.9 Å². The second-order valence-electron chi connectivity index (χ2n) is 9.73. The molecule has 4 aromatic rings. The van der Waals surface area contributed by atoms with Crippen molar-refractivity contribution in [1.29, 1.82) is 0 Å². The topological polar surface area (TPSA) is 219 Å². The highest BCUT2D eigenvalue weighted by Crippen LogP contribution is 2.60. The number of aromatic nitrogens is 4. The van der Waals surface area contributed by atoms with Gasteiger partial charge >= 0.3 is 21.5 Å². The van der Waals surface area contributed by atoms with E-state index < -0.39 is 52.6 Å². The van der Waals surface area contributed by atoms with Crippen LogP contribution >= 0.6 is 15.6 Å². The largest absolute Gasteiger partial charge is 0.481 e. The van der Waals surface area contributed by atoms with E-state index in [0.29, 0.717) is 11.2 Å². The van der Waals surface area contributed by atoms with Crippen LogP contribution in [0.5, 0.6) is 5.75 Å². The lowest BCUT2D eigenvalue weighted by Gasteiger charge is -2.24. The van der Waals surface area contributed by atoms with Crippen LogP contribution in [0.25, 0.3) is 11.2 Å². The zero-order chi connectivity index (χ0) is 31.3. The van der Waals surface area contributed by atoms with Gasteiger partial charge in [-0.1, -0.05) is 48.5 Å². The number of rotatable bonds is 13. The summed E-state index contributed by atoms with van der Waals surface area (Å²) in [6.07, 6.45) is -0.282. The molecular weight excluding hydrogens is 618 g/mol. The summed E-state index contributed by atoms with van der Waals surface area (Å²) in [4.78, 5) is 35.3. The van der Waals surface area contributed by atoms with Crippen molar-refractivity contribution >= 4 is 38.5 Å². The van der Waals surface area contributed by atoms with Gasteiger partial charge in [0.2, 0.25) is 0 Å². The number of hydrogen-bond acceptors (Lipinski definition) is 13. The first-order valence-corrected chi connectivity index (χ1v) is 16.3. The summed E-state index contributed by atoms with van der Waals surface area (Å²) in [7, 11) is -9.86. The number of carbonyl (C=O) groups excluding carboxylic acids is 1. The Kier molecular flexibility index (Phi) is 9.73. The molecule has 6 atom stereocenters. The van der Waals surface area contributed by atoms with Crippen LogP contribution in [-0.4, -0.2) is 60.3 Å². The predicted octanol–water partition coefficient (Wildman–Crippen LogP) is 3.10. The van der Waals surface area contributed by atoms with E-state index in [-0.39, 0.29) is 24.6 Å². The number of aliphatic hydroxyl groups excluding tert-OH is 1. The number of phosphoric ester groups is 1. The van der Waals surface area contributed by atoms with Gasteiger partial charge in [-0.15, -0.1) is 0 Å². The molecule has 2 aromatic heterocycles. The molecule has 0 amide bonds. The van der Waals surface area contributed by atoms with Crippen LogP contribution in [0.4, 0.5) is 5.82 Å². The van der Waals surface area contributed by atoms with Crippen molar-refractivity contribution in [1.82, 2.24) is 24.6 Å². The van der Waals surface area contributed by atoms with Crippen LogP contribution in [0.15, 0.2) is 73.3 Å². The minimum Gasteiger partial charge on any atom is -0.460 e. The Morgan fingerprint density at radius 3 is 2.57 bits per heavy atom. The van der Waals surface area contributed by atoms with Crippen molar-refractivity contribution in [3.05, 3.63) is 78.9 Å². The molecule has 234 valence electrons. The maximum absolute atomic E-state index is 13.7. The zero-order valence-electron chi connectivity index (χ0n) is 23.3. The zero-order valence-corrected chi connectivity index (χ0v) is 25.1. The number of hydrogen-bond donors (Lipinski definition) is 4. The minimum absolute atomic E-state index is 0.00558. The van der Waals surface area contributed by atoms with Crippen molar-refractivity contribution < 1.29 is 46.8 Å². The highest BCUT2D eigenvalue weighted by molar-refractivity contribution is 7.63. The Morgan fingerprint density at radius 1 is 1.14 bits per heavy atom. The molecule has 5 rings (SSSR count). The molecule has 1 saturated heterocycles.